The Labute approximate surface area is 120 Å². The SMILES string of the molecule is COc1cc(CNCc2cnc[nH]2)cc(Br)c1OC. The third kappa shape index (κ3) is 3.48. The Balaban J connectivity index is 2.02. The van der Waals surface area contributed by atoms with Crippen LogP contribution in [0.4, 0.5) is 0 Å². The molecule has 2 aromatic rings. The molecular weight excluding hydrogens is 310 g/mol. The van der Waals surface area contributed by atoms with Gasteiger partial charge in [-0.3, -0.25) is 0 Å². The number of rotatable bonds is 6. The summed E-state index contributed by atoms with van der Waals surface area (Å²) in [5, 5.41) is 3.33. The molecule has 0 aliphatic heterocycles. The van der Waals surface area contributed by atoms with Gasteiger partial charge in [0.15, 0.2) is 11.5 Å². The molecule has 0 aliphatic carbocycles. The minimum absolute atomic E-state index is 0.708. The summed E-state index contributed by atoms with van der Waals surface area (Å²) in [5.74, 6) is 1.43. The largest absolute Gasteiger partial charge is 0.493 e. The second-order valence-corrected chi connectivity index (χ2v) is 4.85. The molecular formula is C13H16BrN3O2. The number of hydrogen-bond acceptors (Lipinski definition) is 4. The smallest absolute Gasteiger partial charge is 0.174 e. The van der Waals surface area contributed by atoms with Gasteiger partial charge in [-0.25, -0.2) is 4.98 Å². The lowest BCUT2D eigenvalue weighted by molar-refractivity contribution is 0.352. The van der Waals surface area contributed by atoms with E-state index in [0.717, 1.165) is 34.6 Å². The summed E-state index contributed by atoms with van der Waals surface area (Å²) < 4.78 is 11.5. The summed E-state index contributed by atoms with van der Waals surface area (Å²) in [5.41, 5.74) is 2.17. The summed E-state index contributed by atoms with van der Waals surface area (Å²) in [6.07, 6.45) is 3.47. The Hall–Kier alpha value is -1.53. The normalized spacial score (nSPS) is 10.5. The second kappa shape index (κ2) is 6.58. The highest BCUT2D eigenvalue weighted by molar-refractivity contribution is 9.10. The molecule has 0 radical (unpaired) electrons. The maximum atomic E-state index is 5.31. The molecule has 1 heterocycles. The first-order valence-electron chi connectivity index (χ1n) is 5.83. The van der Waals surface area contributed by atoms with E-state index < -0.39 is 0 Å². The molecule has 1 aromatic carbocycles. The third-order valence-corrected chi connectivity index (χ3v) is 3.28. The van der Waals surface area contributed by atoms with E-state index in [2.05, 4.69) is 31.2 Å². The molecule has 6 heteroatoms. The van der Waals surface area contributed by atoms with E-state index in [1.165, 1.54) is 0 Å². The molecule has 2 rings (SSSR count). The Morgan fingerprint density at radius 3 is 2.74 bits per heavy atom. The summed E-state index contributed by atoms with van der Waals surface area (Å²) in [6.45, 7) is 1.48. The van der Waals surface area contributed by atoms with Gasteiger partial charge in [-0.2, -0.15) is 0 Å². The molecule has 0 atom stereocenters. The van der Waals surface area contributed by atoms with Crippen LogP contribution >= 0.6 is 15.9 Å². The van der Waals surface area contributed by atoms with Crippen LogP contribution in [0.5, 0.6) is 11.5 Å². The highest BCUT2D eigenvalue weighted by Gasteiger charge is 2.10. The van der Waals surface area contributed by atoms with Gasteiger partial charge in [0.2, 0.25) is 0 Å². The van der Waals surface area contributed by atoms with Crippen molar-refractivity contribution in [3.63, 3.8) is 0 Å². The van der Waals surface area contributed by atoms with Gasteiger partial charge in [0.1, 0.15) is 0 Å². The van der Waals surface area contributed by atoms with Crippen molar-refractivity contribution in [3.8, 4) is 11.5 Å². The van der Waals surface area contributed by atoms with E-state index in [0.29, 0.717) is 5.75 Å². The topological polar surface area (TPSA) is 59.2 Å². The van der Waals surface area contributed by atoms with Gasteiger partial charge < -0.3 is 19.8 Å². The molecule has 2 N–H and O–H groups in total. The predicted molar refractivity (Wildman–Crippen MR) is 76.4 cm³/mol. The zero-order valence-electron chi connectivity index (χ0n) is 10.9. The van der Waals surface area contributed by atoms with Crippen LogP contribution in [0.1, 0.15) is 11.3 Å². The van der Waals surface area contributed by atoms with E-state index in [9.17, 15) is 0 Å². The number of halogens is 1. The van der Waals surface area contributed by atoms with Crippen LogP contribution in [0.3, 0.4) is 0 Å². The summed E-state index contributed by atoms with van der Waals surface area (Å²) in [4.78, 5) is 7.02. The highest BCUT2D eigenvalue weighted by atomic mass is 79.9. The lowest BCUT2D eigenvalue weighted by atomic mass is 10.2. The molecule has 0 amide bonds. The van der Waals surface area contributed by atoms with Gasteiger partial charge in [-0.15, -0.1) is 0 Å². The number of nitrogens with one attached hydrogen (secondary N) is 2. The molecule has 5 nitrogen and oxygen atoms in total. The standard InChI is InChI=1S/C13H16BrN3O2/c1-18-12-4-9(3-11(14)13(12)19-2)5-15-6-10-7-16-8-17-10/h3-4,7-8,15H,5-6H2,1-2H3,(H,16,17). The molecule has 0 aliphatic rings. The second-order valence-electron chi connectivity index (χ2n) is 3.99. The van der Waals surface area contributed by atoms with Crippen LogP contribution in [0.2, 0.25) is 0 Å². The number of methoxy groups -OCH3 is 2. The molecule has 0 saturated heterocycles. The fourth-order valence-corrected chi connectivity index (χ4v) is 2.45. The van der Waals surface area contributed by atoms with Gasteiger partial charge in [0, 0.05) is 25.0 Å². The first kappa shape index (κ1) is 13.9. The predicted octanol–water partition coefficient (Wildman–Crippen LogP) is 2.48. The molecule has 1 aromatic heterocycles. The van der Waals surface area contributed by atoms with Crippen LogP contribution in [0.15, 0.2) is 29.1 Å². The first-order valence-corrected chi connectivity index (χ1v) is 6.62. The van der Waals surface area contributed by atoms with Crippen molar-refractivity contribution in [2.75, 3.05) is 14.2 Å². The van der Waals surface area contributed by atoms with Gasteiger partial charge in [0.25, 0.3) is 0 Å². The Morgan fingerprint density at radius 2 is 2.11 bits per heavy atom. The monoisotopic (exact) mass is 325 g/mol. The molecule has 0 saturated carbocycles. The van der Waals surface area contributed by atoms with E-state index in [4.69, 9.17) is 9.47 Å². The molecule has 0 bridgehead atoms. The lowest BCUT2D eigenvalue weighted by Gasteiger charge is -2.12. The van der Waals surface area contributed by atoms with Crippen molar-refractivity contribution >= 4 is 15.9 Å². The maximum Gasteiger partial charge on any atom is 0.174 e. The number of aromatic nitrogens is 2. The molecule has 19 heavy (non-hydrogen) atoms. The summed E-state index contributed by atoms with van der Waals surface area (Å²) >= 11 is 3.48. The van der Waals surface area contributed by atoms with Crippen molar-refractivity contribution < 1.29 is 9.47 Å². The summed E-state index contributed by atoms with van der Waals surface area (Å²) in [7, 11) is 3.25. The quantitative estimate of drug-likeness (QED) is 0.856. The number of hydrogen-bond donors (Lipinski definition) is 2. The zero-order chi connectivity index (χ0) is 13.7. The average Bonchev–Trinajstić information content (AvgIpc) is 2.91. The Kier molecular flexibility index (Phi) is 4.81. The van der Waals surface area contributed by atoms with Crippen LogP contribution in [0, 0.1) is 0 Å². The van der Waals surface area contributed by atoms with Crippen molar-refractivity contribution in [1.29, 1.82) is 0 Å². The minimum atomic E-state index is 0.708. The fourth-order valence-electron chi connectivity index (χ4n) is 1.80. The van der Waals surface area contributed by atoms with E-state index in [-0.39, 0.29) is 0 Å². The van der Waals surface area contributed by atoms with Gasteiger partial charge in [-0.1, -0.05) is 0 Å². The lowest BCUT2D eigenvalue weighted by Crippen LogP contribution is -2.13. The van der Waals surface area contributed by atoms with Crippen LogP contribution in [-0.4, -0.2) is 24.2 Å². The fraction of sp³-hybridized carbons (Fsp3) is 0.308. The molecule has 0 spiro atoms. The van der Waals surface area contributed by atoms with Crippen LogP contribution < -0.4 is 14.8 Å². The van der Waals surface area contributed by atoms with E-state index in [1.54, 1.807) is 26.7 Å². The van der Waals surface area contributed by atoms with E-state index >= 15 is 0 Å². The number of nitrogens with zero attached hydrogens (tertiary/aromatic N) is 1. The first-order chi connectivity index (χ1) is 9.24. The third-order valence-electron chi connectivity index (χ3n) is 2.69. The van der Waals surface area contributed by atoms with Gasteiger partial charge in [0.05, 0.1) is 25.0 Å². The minimum Gasteiger partial charge on any atom is -0.493 e. The highest BCUT2D eigenvalue weighted by Crippen LogP contribution is 2.36. The van der Waals surface area contributed by atoms with Gasteiger partial charge >= 0.3 is 0 Å². The van der Waals surface area contributed by atoms with Crippen molar-refractivity contribution in [2.45, 2.75) is 13.1 Å². The maximum absolute atomic E-state index is 5.31. The number of ether oxygens (including phenoxy) is 2. The Bertz CT molecular complexity index is 529. The average molecular weight is 326 g/mol. The van der Waals surface area contributed by atoms with Crippen molar-refractivity contribution in [1.82, 2.24) is 15.3 Å². The number of imidazole rings is 1. The van der Waals surface area contributed by atoms with Crippen molar-refractivity contribution in [2.24, 2.45) is 0 Å². The Morgan fingerprint density at radius 1 is 1.26 bits per heavy atom. The van der Waals surface area contributed by atoms with E-state index in [1.807, 2.05) is 12.1 Å². The van der Waals surface area contributed by atoms with Crippen LogP contribution in [-0.2, 0) is 13.1 Å². The summed E-state index contributed by atoms with van der Waals surface area (Å²) in [6, 6.07) is 3.98. The van der Waals surface area contributed by atoms with Crippen LogP contribution in [0.25, 0.3) is 0 Å². The van der Waals surface area contributed by atoms with Crippen molar-refractivity contribution in [3.05, 3.63) is 40.4 Å². The molecule has 102 valence electrons. The number of benzene rings is 1. The molecule has 0 unspecified atom stereocenters. The zero-order valence-corrected chi connectivity index (χ0v) is 12.5. The number of H-pyrrole nitrogens is 1. The number of aromatic amines is 1. The van der Waals surface area contributed by atoms with Gasteiger partial charge in [-0.05, 0) is 33.6 Å². The molecule has 0 fully saturated rings.